The van der Waals surface area contributed by atoms with Crippen LogP contribution in [0, 0.1) is 5.92 Å². The highest BCUT2D eigenvalue weighted by Gasteiger charge is 2.26. The van der Waals surface area contributed by atoms with Gasteiger partial charge in [-0.15, -0.1) is 0 Å². The molecule has 0 saturated heterocycles. The molecule has 0 aromatic heterocycles. The minimum atomic E-state index is -1.34. The van der Waals surface area contributed by atoms with Crippen LogP contribution in [-0.2, 0) is 4.79 Å². The number of urea groups is 1. The number of nitrogens with two attached hydrogens (primary N) is 1. The van der Waals surface area contributed by atoms with Crippen LogP contribution in [0.5, 0.6) is 0 Å². The number of amides is 3. The zero-order valence-electron chi connectivity index (χ0n) is 13.7. The standard InChI is InChI=1S/C17H26N4O3/c18-14(11-12-7-3-1-4-8-12)15(22)16(23)20-21-17(24)19-13-9-5-2-6-10-13/h2,5-6,9-10,12,14-15,22H,1,3-4,7-8,11,18H2,(H,20,23)(H2,19,21,24)/t14-,15?/m1/s1. The van der Waals surface area contributed by atoms with Crippen LogP contribution in [0.15, 0.2) is 30.3 Å². The van der Waals surface area contributed by atoms with Gasteiger partial charge >= 0.3 is 6.03 Å². The summed E-state index contributed by atoms with van der Waals surface area (Å²) in [6.07, 6.45) is 5.07. The van der Waals surface area contributed by atoms with Crippen molar-refractivity contribution in [2.24, 2.45) is 11.7 Å². The van der Waals surface area contributed by atoms with E-state index < -0.39 is 24.1 Å². The van der Waals surface area contributed by atoms with Crippen LogP contribution < -0.4 is 21.9 Å². The lowest BCUT2D eigenvalue weighted by Gasteiger charge is -2.26. The molecule has 24 heavy (non-hydrogen) atoms. The molecule has 6 N–H and O–H groups in total. The molecule has 1 fully saturated rings. The Morgan fingerprint density at radius 1 is 1.12 bits per heavy atom. The molecule has 0 spiro atoms. The molecule has 0 aliphatic heterocycles. The van der Waals surface area contributed by atoms with Crippen LogP contribution in [0.25, 0.3) is 0 Å². The molecule has 132 valence electrons. The molecule has 7 heteroatoms. The Bertz CT molecular complexity index is 532. The molecule has 1 aromatic carbocycles. The number of para-hydroxylation sites is 1. The smallest absolute Gasteiger partial charge is 0.337 e. The Morgan fingerprint density at radius 2 is 1.79 bits per heavy atom. The van der Waals surface area contributed by atoms with E-state index in [1.807, 2.05) is 6.07 Å². The Kier molecular flexibility index (Phi) is 7.02. The maximum atomic E-state index is 11.9. The van der Waals surface area contributed by atoms with Gasteiger partial charge in [-0.25, -0.2) is 10.2 Å². The number of hydrogen-bond donors (Lipinski definition) is 5. The molecule has 0 bridgehead atoms. The number of aliphatic hydroxyl groups excluding tert-OH is 1. The van der Waals surface area contributed by atoms with E-state index in [0.717, 1.165) is 12.8 Å². The van der Waals surface area contributed by atoms with Gasteiger partial charge in [-0.05, 0) is 24.5 Å². The second kappa shape index (κ2) is 9.24. The van der Waals surface area contributed by atoms with Crippen molar-refractivity contribution in [1.29, 1.82) is 0 Å². The summed E-state index contributed by atoms with van der Waals surface area (Å²) in [4.78, 5) is 23.6. The molecule has 1 unspecified atom stereocenters. The Labute approximate surface area is 142 Å². The Hall–Kier alpha value is -2.12. The molecular formula is C17H26N4O3. The average Bonchev–Trinajstić information content (AvgIpc) is 2.60. The van der Waals surface area contributed by atoms with Crippen LogP contribution >= 0.6 is 0 Å². The SMILES string of the molecule is N[C@H](CC1CCCCC1)C(O)C(=O)NNC(=O)Nc1ccccc1. The second-order valence-corrected chi connectivity index (χ2v) is 6.28. The summed E-state index contributed by atoms with van der Waals surface area (Å²) in [5, 5.41) is 12.6. The first-order valence-electron chi connectivity index (χ1n) is 8.42. The Balaban J connectivity index is 1.71. The minimum Gasteiger partial charge on any atom is -0.382 e. The molecule has 2 atom stereocenters. The van der Waals surface area contributed by atoms with Crippen molar-refractivity contribution in [2.75, 3.05) is 5.32 Å². The van der Waals surface area contributed by atoms with Crippen LogP contribution in [-0.4, -0.2) is 29.2 Å². The summed E-state index contributed by atoms with van der Waals surface area (Å²) >= 11 is 0. The van der Waals surface area contributed by atoms with Crippen LogP contribution in [0.1, 0.15) is 38.5 Å². The summed E-state index contributed by atoms with van der Waals surface area (Å²) in [5.41, 5.74) is 10.9. The van der Waals surface area contributed by atoms with Crippen molar-refractivity contribution in [3.05, 3.63) is 30.3 Å². The predicted octanol–water partition coefficient (Wildman–Crippen LogP) is 1.50. The highest BCUT2D eigenvalue weighted by atomic mass is 16.3. The minimum absolute atomic E-state index is 0.463. The van der Waals surface area contributed by atoms with Gasteiger partial charge < -0.3 is 16.2 Å². The largest absolute Gasteiger partial charge is 0.382 e. The molecule has 0 heterocycles. The number of anilines is 1. The number of benzene rings is 1. The van der Waals surface area contributed by atoms with Gasteiger partial charge in [0.15, 0.2) is 0 Å². The quantitative estimate of drug-likeness (QED) is 0.525. The third-order valence-corrected chi connectivity index (χ3v) is 4.34. The molecule has 0 radical (unpaired) electrons. The highest BCUT2D eigenvalue weighted by Crippen LogP contribution is 2.27. The van der Waals surface area contributed by atoms with E-state index in [-0.39, 0.29) is 0 Å². The molecule has 2 rings (SSSR count). The molecule has 7 nitrogen and oxygen atoms in total. The molecule has 1 aliphatic rings. The summed E-state index contributed by atoms with van der Waals surface area (Å²) in [5.74, 6) is -0.243. The summed E-state index contributed by atoms with van der Waals surface area (Å²) in [7, 11) is 0. The van der Waals surface area contributed by atoms with Gasteiger partial charge in [-0.1, -0.05) is 50.3 Å². The van der Waals surface area contributed by atoms with E-state index in [1.165, 1.54) is 19.3 Å². The fourth-order valence-corrected chi connectivity index (χ4v) is 3.01. The second-order valence-electron chi connectivity index (χ2n) is 6.28. The van der Waals surface area contributed by atoms with Gasteiger partial charge in [-0.3, -0.25) is 10.2 Å². The average molecular weight is 334 g/mol. The summed E-state index contributed by atoms with van der Waals surface area (Å²) in [6, 6.07) is 7.60. The predicted molar refractivity (Wildman–Crippen MR) is 91.9 cm³/mol. The lowest BCUT2D eigenvalue weighted by molar-refractivity contribution is -0.131. The first kappa shape index (κ1) is 18.2. The van der Waals surface area contributed by atoms with Gasteiger partial charge in [0, 0.05) is 11.7 Å². The third kappa shape index (κ3) is 5.82. The molecule has 1 aliphatic carbocycles. The number of hydrogen-bond acceptors (Lipinski definition) is 4. The summed E-state index contributed by atoms with van der Waals surface area (Å²) in [6.45, 7) is 0. The third-order valence-electron chi connectivity index (χ3n) is 4.34. The molecule has 3 amide bonds. The molecular weight excluding hydrogens is 308 g/mol. The highest BCUT2D eigenvalue weighted by molar-refractivity contribution is 5.91. The number of carbonyl (C=O) groups excluding carboxylic acids is 2. The normalized spacial score (nSPS) is 17.6. The number of rotatable bonds is 5. The van der Waals surface area contributed by atoms with E-state index in [2.05, 4.69) is 16.2 Å². The van der Waals surface area contributed by atoms with Crippen molar-refractivity contribution in [3.63, 3.8) is 0 Å². The monoisotopic (exact) mass is 334 g/mol. The first-order valence-corrected chi connectivity index (χ1v) is 8.42. The summed E-state index contributed by atoms with van der Waals surface area (Å²) < 4.78 is 0. The maximum Gasteiger partial charge on any atom is 0.337 e. The van der Waals surface area contributed by atoms with Crippen molar-refractivity contribution in [2.45, 2.75) is 50.7 Å². The van der Waals surface area contributed by atoms with Gasteiger partial charge in [0.05, 0.1) is 0 Å². The lowest BCUT2D eigenvalue weighted by atomic mass is 9.84. The van der Waals surface area contributed by atoms with E-state index in [0.29, 0.717) is 18.0 Å². The fraction of sp³-hybridized carbons (Fsp3) is 0.529. The van der Waals surface area contributed by atoms with Crippen LogP contribution in [0.2, 0.25) is 0 Å². The van der Waals surface area contributed by atoms with Crippen LogP contribution in [0.3, 0.4) is 0 Å². The zero-order valence-corrected chi connectivity index (χ0v) is 13.7. The zero-order chi connectivity index (χ0) is 17.4. The van der Waals surface area contributed by atoms with Crippen molar-refractivity contribution in [1.82, 2.24) is 10.9 Å². The van der Waals surface area contributed by atoms with E-state index in [4.69, 9.17) is 5.73 Å². The van der Waals surface area contributed by atoms with E-state index in [1.54, 1.807) is 24.3 Å². The van der Waals surface area contributed by atoms with Gasteiger partial charge in [0.2, 0.25) is 0 Å². The maximum absolute atomic E-state index is 11.9. The number of carbonyl (C=O) groups is 2. The Morgan fingerprint density at radius 3 is 2.46 bits per heavy atom. The lowest BCUT2D eigenvalue weighted by Crippen LogP contribution is -2.53. The van der Waals surface area contributed by atoms with E-state index >= 15 is 0 Å². The van der Waals surface area contributed by atoms with Crippen LogP contribution in [0.4, 0.5) is 10.5 Å². The van der Waals surface area contributed by atoms with Gasteiger partial charge in [0.25, 0.3) is 5.91 Å². The number of nitrogens with one attached hydrogen (secondary N) is 3. The molecule has 1 saturated carbocycles. The van der Waals surface area contributed by atoms with Crippen molar-refractivity contribution < 1.29 is 14.7 Å². The number of aliphatic hydroxyl groups is 1. The fourth-order valence-electron chi connectivity index (χ4n) is 3.01. The molecule has 1 aromatic rings. The van der Waals surface area contributed by atoms with Gasteiger partial charge in [-0.2, -0.15) is 0 Å². The van der Waals surface area contributed by atoms with Gasteiger partial charge in [0.1, 0.15) is 6.10 Å². The topological polar surface area (TPSA) is 116 Å². The van der Waals surface area contributed by atoms with Crippen molar-refractivity contribution >= 4 is 17.6 Å². The van der Waals surface area contributed by atoms with E-state index in [9.17, 15) is 14.7 Å². The first-order chi connectivity index (χ1) is 11.6. The number of hydrazine groups is 1. The van der Waals surface area contributed by atoms with Crippen molar-refractivity contribution in [3.8, 4) is 0 Å².